The molecule has 5 heteroatoms. The van der Waals surface area contributed by atoms with Crippen LogP contribution in [0.5, 0.6) is 0 Å². The van der Waals surface area contributed by atoms with Crippen molar-refractivity contribution in [2.75, 3.05) is 11.9 Å². The fourth-order valence-electron chi connectivity index (χ4n) is 2.02. The Hall–Kier alpha value is -1.78. The number of hydrogen-bond donors (Lipinski definition) is 1. The van der Waals surface area contributed by atoms with Gasteiger partial charge in [-0.2, -0.15) is 0 Å². The predicted octanol–water partition coefficient (Wildman–Crippen LogP) is 1.99. The highest BCUT2D eigenvalue weighted by molar-refractivity contribution is 5.28. The van der Waals surface area contributed by atoms with E-state index in [1.54, 1.807) is 0 Å². The second-order valence-electron chi connectivity index (χ2n) is 4.53. The molecule has 0 aliphatic rings. The van der Waals surface area contributed by atoms with Crippen LogP contribution in [0.15, 0.2) is 18.6 Å². The molecule has 2 aromatic rings. The van der Waals surface area contributed by atoms with E-state index in [0.29, 0.717) is 0 Å². The van der Waals surface area contributed by atoms with Crippen molar-refractivity contribution in [2.24, 2.45) is 7.05 Å². The van der Waals surface area contributed by atoms with Gasteiger partial charge in [0.25, 0.3) is 0 Å². The van der Waals surface area contributed by atoms with Gasteiger partial charge in [0.1, 0.15) is 5.82 Å². The Balaban J connectivity index is 1.92. The first-order chi connectivity index (χ1) is 8.70. The summed E-state index contributed by atoms with van der Waals surface area (Å²) in [5, 5.41) is 3.38. The van der Waals surface area contributed by atoms with Crippen molar-refractivity contribution in [1.29, 1.82) is 0 Å². The Bertz CT molecular complexity index is 497. The third-order valence-electron chi connectivity index (χ3n) is 2.91. The molecular weight excluding hydrogens is 226 g/mol. The summed E-state index contributed by atoms with van der Waals surface area (Å²) < 4.78 is 4.22. The number of aromatic nitrogens is 4. The zero-order chi connectivity index (χ0) is 13.0. The minimum absolute atomic E-state index is 0.852. The fraction of sp³-hybridized carbons (Fsp3) is 0.538. The Kier molecular flexibility index (Phi) is 4.02. The first-order valence-electron chi connectivity index (χ1n) is 6.44. The van der Waals surface area contributed by atoms with Gasteiger partial charge < -0.3 is 14.5 Å². The molecule has 0 saturated heterocycles. The van der Waals surface area contributed by atoms with Crippen LogP contribution in [-0.4, -0.2) is 25.6 Å². The van der Waals surface area contributed by atoms with Crippen molar-refractivity contribution in [3.63, 3.8) is 0 Å². The lowest BCUT2D eigenvalue weighted by Crippen LogP contribution is -2.12. The first-order valence-corrected chi connectivity index (χ1v) is 6.44. The van der Waals surface area contributed by atoms with Crippen molar-refractivity contribution in [3.8, 4) is 0 Å². The quantitative estimate of drug-likeness (QED) is 0.849. The number of anilines is 1. The lowest BCUT2D eigenvalue weighted by Gasteiger charge is -2.08. The number of aryl methyl sites for hydroxylation is 3. The Morgan fingerprint density at radius 2 is 2.22 bits per heavy atom. The predicted molar refractivity (Wildman–Crippen MR) is 72.7 cm³/mol. The lowest BCUT2D eigenvalue weighted by molar-refractivity contribution is 0.679. The van der Waals surface area contributed by atoms with Gasteiger partial charge in [-0.05, 0) is 13.3 Å². The SMILES string of the molecule is CCCn1cc(C)nc1NCCc1nccn1C. The molecule has 2 aromatic heterocycles. The number of nitrogens with zero attached hydrogens (tertiary/aromatic N) is 4. The third-order valence-corrected chi connectivity index (χ3v) is 2.91. The van der Waals surface area contributed by atoms with E-state index in [-0.39, 0.29) is 0 Å². The lowest BCUT2D eigenvalue weighted by atomic mass is 10.4. The molecule has 0 aromatic carbocycles. The van der Waals surface area contributed by atoms with Gasteiger partial charge in [-0.25, -0.2) is 9.97 Å². The Morgan fingerprint density at radius 3 is 2.89 bits per heavy atom. The minimum atomic E-state index is 0.852. The van der Waals surface area contributed by atoms with Crippen LogP contribution in [0.2, 0.25) is 0 Å². The van der Waals surface area contributed by atoms with Gasteiger partial charge in [-0.15, -0.1) is 0 Å². The highest BCUT2D eigenvalue weighted by atomic mass is 15.2. The minimum Gasteiger partial charge on any atom is -0.355 e. The highest BCUT2D eigenvalue weighted by Gasteiger charge is 2.05. The molecular formula is C13H21N5. The summed E-state index contributed by atoms with van der Waals surface area (Å²) in [5.41, 5.74) is 1.06. The second kappa shape index (κ2) is 5.71. The number of nitrogens with one attached hydrogen (secondary N) is 1. The molecule has 0 aliphatic heterocycles. The molecule has 0 saturated carbocycles. The second-order valence-corrected chi connectivity index (χ2v) is 4.53. The summed E-state index contributed by atoms with van der Waals surface area (Å²) in [6.07, 6.45) is 7.91. The Labute approximate surface area is 108 Å². The van der Waals surface area contributed by atoms with Crippen LogP contribution in [-0.2, 0) is 20.0 Å². The maximum Gasteiger partial charge on any atom is 0.203 e. The van der Waals surface area contributed by atoms with E-state index in [0.717, 1.165) is 43.4 Å². The summed E-state index contributed by atoms with van der Waals surface area (Å²) in [6, 6.07) is 0. The van der Waals surface area contributed by atoms with E-state index >= 15 is 0 Å². The van der Waals surface area contributed by atoms with Crippen molar-refractivity contribution < 1.29 is 0 Å². The zero-order valence-corrected chi connectivity index (χ0v) is 11.3. The third kappa shape index (κ3) is 2.91. The molecule has 5 nitrogen and oxygen atoms in total. The highest BCUT2D eigenvalue weighted by Crippen LogP contribution is 2.09. The summed E-state index contributed by atoms with van der Waals surface area (Å²) in [5.74, 6) is 2.05. The number of imidazole rings is 2. The van der Waals surface area contributed by atoms with Crippen LogP contribution in [0.4, 0.5) is 5.95 Å². The topological polar surface area (TPSA) is 47.7 Å². The van der Waals surface area contributed by atoms with Gasteiger partial charge in [-0.1, -0.05) is 6.92 Å². The molecule has 0 aliphatic carbocycles. The van der Waals surface area contributed by atoms with Gasteiger partial charge in [0.2, 0.25) is 5.95 Å². The van der Waals surface area contributed by atoms with Crippen LogP contribution in [0.3, 0.4) is 0 Å². The van der Waals surface area contributed by atoms with Crippen LogP contribution >= 0.6 is 0 Å². The fourth-order valence-corrected chi connectivity index (χ4v) is 2.02. The van der Waals surface area contributed by atoms with E-state index in [2.05, 4.69) is 33.0 Å². The summed E-state index contributed by atoms with van der Waals surface area (Å²) in [4.78, 5) is 8.80. The maximum atomic E-state index is 4.50. The maximum absolute atomic E-state index is 4.50. The number of rotatable bonds is 6. The molecule has 98 valence electrons. The van der Waals surface area contributed by atoms with Crippen molar-refractivity contribution in [3.05, 3.63) is 30.1 Å². The first kappa shape index (κ1) is 12.7. The molecule has 18 heavy (non-hydrogen) atoms. The van der Waals surface area contributed by atoms with Gasteiger partial charge >= 0.3 is 0 Å². The van der Waals surface area contributed by atoms with Gasteiger partial charge in [-0.3, -0.25) is 0 Å². The standard InChI is InChI=1S/C13H21N5/c1-4-8-18-10-11(2)16-13(18)15-6-5-12-14-7-9-17(12)3/h7,9-10H,4-6,8H2,1-3H3,(H,15,16). The van der Waals surface area contributed by atoms with Crippen molar-refractivity contribution >= 4 is 5.95 Å². The molecule has 2 rings (SSSR count). The van der Waals surface area contributed by atoms with Crippen LogP contribution in [0.1, 0.15) is 24.9 Å². The zero-order valence-electron chi connectivity index (χ0n) is 11.3. The van der Waals surface area contributed by atoms with Crippen molar-refractivity contribution in [1.82, 2.24) is 19.1 Å². The monoisotopic (exact) mass is 247 g/mol. The summed E-state index contributed by atoms with van der Waals surface area (Å²) in [6.45, 7) is 6.06. The summed E-state index contributed by atoms with van der Waals surface area (Å²) in [7, 11) is 2.02. The van der Waals surface area contributed by atoms with Crippen LogP contribution in [0, 0.1) is 6.92 Å². The van der Waals surface area contributed by atoms with E-state index in [9.17, 15) is 0 Å². The molecule has 0 fully saturated rings. The van der Waals surface area contributed by atoms with Crippen molar-refractivity contribution in [2.45, 2.75) is 33.2 Å². The molecule has 1 N–H and O–H groups in total. The van der Waals surface area contributed by atoms with Gasteiger partial charge in [0.05, 0.1) is 5.69 Å². The average molecular weight is 247 g/mol. The average Bonchev–Trinajstić information content (AvgIpc) is 2.87. The Morgan fingerprint density at radius 1 is 1.39 bits per heavy atom. The molecule has 2 heterocycles. The van der Waals surface area contributed by atoms with E-state index in [1.807, 2.05) is 30.9 Å². The van der Waals surface area contributed by atoms with E-state index in [4.69, 9.17) is 0 Å². The van der Waals surface area contributed by atoms with Crippen LogP contribution in [0.25, 0.3) is 0 Å². The van der Waals surface area contributed by atoms with Crippen LogP contribution < -0.4 is 5.32 Å². The largest absolute Gasteiger partial charge is 0.355 e. The summed E-state index contributed by atoms with van der Waals surface area (Å²) >= 11 is 0. The van der Waals surface area contributed by atoms with Gasteiger partial charge in [0, 0.05) is 45.1 Å². The number of hydrogen-bond acceptors (Lipinski definition) is 3. The molecule has 0 bridgehead atoms. The van der Waals surface area contributed by atoms with E-state index in [1.165, 1.54) is 0 Å². The molecule has 0 atom stereocenters. The smallest absolute Gasteiger partial charge is 0.203 e. The molecule has 0 spiro atoms. The molecule has 0 amide bonds. The molecule has 0 radical (unpaired) electrons. The molecule has 0 unspecified atom stereocenters. The van der Waals surface area contributed by atoms with Gasteiger partial charge in [0.15, 0.2) is 0 Å². The normalized spacial score (nSPS) is 10.8. The van der Waals surface area contributed by atoms with E-state index < -0.39 is 0 Å².